The number of likely N-dealkylation sites (tertiary alicyclic amines) is 1. The lowest BCUT2D eigenvalue weighted by Gasteiger charge is -2.35. The van der Waals surface area contributed by atoms with E-state index in [1.54, 1.807) is 6.07 Å². The molecular formula is C13H19N3O2. The summed E-state index contributed by atoms with van der Waals surface area (Å²) < 4.78 is 1.23. The van der Waals surface area contributed by atoms with Gasteiger partial charge in [-0.15, -0.1) is 0 Å². The van der Waals surface area contributed by atoms with Gasteiger partial charge in [0, 0.05) is 24.8 Å². The van der Waals surface area contributed by atoms with Crippen molar-refractivity contribution in [3.05, 3.63) is 28.7 Å². The van der Waals surface area contributed by atoms with Gasteiger partial charge in [0.1, 0.15) is 6.54 Å². The highest BCUT2D eigenvalue weighted by Gasteiger charge is 2.25. The molecule has 2 heterocycles. The molecule has 0 aliphatic carbocycles. The lowest BCUT2D eigenvalue weighted by atomic mass is 10.00. The average molecular weight is 249 g/mol. The first-order chi connectivity index (χ1) is 8.72. The summed E-state index contributed by atoms with van der Waals surface area (Å²) in [6.07, 6.45) is 5.82. The predicted octanol–water partition coefficient (Wildman–Crippen LogP) is 1.03. The molecule has 5 nitrogen and oxygen atoms in total. The SMILES string of the molecule is CC[C@@H]1CCCCN1C(=O)Cn1ncccc1=O. The minimum absolute atomic E-state index is 0.00218. The van der Waals surface area contributed by atoms with Crippen molar-refractivity contribution in [1.82, 2.24) is 14.7 Å². The van der Waals surface area contributed by atoms with E-state index >= 15 is 0 Å². The average Bonchev–Trinajstić information content (AvgIpc) is 2.41. The molecule has 1 saturated heterocycles. The Kier molecular flexibility index (Phi) is 4.12. The molecule has 1 aromatic heterocycles. The Balaban J connectivity index is 2.07. The minimum Gasteiger partial charge on any atom is -0.338 e. The molecular weight excluding hydrogens is 230 g/mol. The highest BCUT2D eigenvalue weighted by molar-refractivity contribution is 5.76. The summed E-state index contributed by atoms with van der Waals surface area (Å²) in [5.41, 5.74) is -0.226. The van der Waals surface area contributed by atoms with Gasteiger partial charge >= 0.3 is 0 Å². The second kappa shape index (κ2) is 5.80. The summed E-state index contributed by atoms with van der Waals surface area (Å²) in [4.78, 5) is 25.6. The third-order valence-corrected chi connectivity index (χ3v) is 3.49. The third kappa shape index (κ3) is 2.78. The minimum atomic E-state index is -0.226. The molecule has 1 aliphatic heterocycles. The van der Waals surface area contributed by atoms with E-state index in [1.807, 2.05) is 4.90 Å². The molecule has 1 amide bonds. The molecule has 0 bridgehead atoms. The van der Waals surface area contributed by atoms with Crippen molar-refractivity contribution in [2.45, 2.75) is 45.2 Å². The molecule has 1 fully saturated rings. The van der Waals surface area contributed by atoms with E-state index in [0.717, 1.165) is 25.8 Å². The van der Waals surface area contributed by atoms with Gasteiger partial charge in [0.05, 0.1) is 0 Å². The molecule has 0 unspecified atom stereocenters. The van der Waals surface area contributed by atoms with Crippen LogP contribution >= 0.6 is 0 Å². The fourth-order valence-electron chi connectivity index (χ4n) is 2.48. The standard InChI is InChI=1S/C13H19N3O2/c1-2-11-6-3-4-9-15(11)13(18)10-16-12(17)7-5-8-14-16/h5,7-8,11H,2-4,6,9-10H2,1H3/t11-/m1/s1. The maximum absolute atomic E-state index is 12.2. The molecule has 98 valence electrons. The molecule has 1 atom stereocenters. The quantitative estimate of drug-likeness (QED) is 0.804. The molecule has 18 heavy (non-hydrogen) atoms. The Labute approximate surface area is 106 Å². The highest BCUT2D eigenvalue weighted by Crippen LogP contribution is 2.19. The number of amides is 1. The van der Waals surface area contributed by atoms with E-state index in [4.69, 9.17) is 0 Å². The van der Waals surface area contributed by atoms with E-state index in [2.05, 4.69) is 12.0 Å². The first-order valence-corrected chi connectivity index (χ1v) is 6.54. The lowest BCUT2D eigenvalue weighted by molar-refractivity contribution is -0.135. The largest absolute Gasteiger partial charge is 0.338 e. The van der Waals surface area contributed by atoms with Gasteiger partial charge < -0.3 is 4.90 Å². The Morgan fingerprint density at radius 3 is 3.06 bits per heavy atom. The molecule has 1 aromatic rings. The van der Waals surface area contributed by atoms with Crippen LogP contribution in [0.1, 0.15) is 32.6 Å². The van der Waals surface area contributed by atoms with Gasteiger partial charge in [-0.25, -0.2) is 4.68 Å². The smallest absolute Gasteiger partial charge is 0.267 e. The van der Waals surface area contributed by atoms with Crippen molar-refractivity contribution < 1.29 is 4.79 Å². The van der Waals surface area contributed by atoms with Crippen LogP contribution < -0.4 is 5.56 Å². The lowest BCUT2D eigenvalue weighted by Crippen LogP contribution is -2.46. The first kappa shape index (κ1) is 12.8. The molecule has 0 aromatic carbocycles. The summed E-state index contributed by atoms with van der Waals surface area (Å²) in [6.45, 7) is 2.96. The normalized spacial score (nSPS) is 19.8. The fraction of sp³-hybridized carbons (Fsp3) is 0.615. The number of hydrogen-bond acceptors (Lipinski definition) is 3. The van der Waals surface area contributed by atoms with Crippen LogP contribution in [0.15, 0.2) is 23.1 Å². The maximum atomic E-state index is 12.2. The van der Waals surface area contributed by atoms with Gasteiger partial charge in [-0.2, -0.15) is 5.10 Å². The number of carbonyl (C=O) groups is 1. The summed E-state index contributed by atoms with van der Waals surface area (Å²) >= 11 is 0. The van der Waals surface area contributed by atoms with E-state index in [1.165, 1.54) is 23.4 Å². The van der Waals surface area contributed by atoms with Gasteiger partial charge in [-0.1, -0.05) is 6.92 Å². The van der Waals surface area contributed by atoms with Crippen LogP contribution in [0.5, 0.6) is 0 Å². The van der Waals surface area contributed by atoms with Gasteiger partial charge in [0.25, 0.3) is 5.56 Å². The van der Waals surface area contributed by atoms with Crippen LogP contribution in [0, 0.1) is 0 Å². The number of piperidine rings is 1. The summed E-state index contributed by atoms with van der Waals surface area (Å²) in [7, 11) is 0. The van der Waals surface area contributed by atoms with Gasteiger partial charge in [-0.3, -0.25) is 9.59 Å². The summed E-state index contributed by atoms with van der Waals surface area (Å²) in [5, 5.41) is 3.92. The Morgan fingerprint density at radius 2 is 2.33 bits per heavy atom. The van der Waals surface area contributed by atoms with Crippen LogP contribution in [-0.4, -0.2) is 33.2 Å². The van der Waals surface area contributed by atoms with Gasteiger partial charge in [0.2, 0.25) is 5.91 Å². The number of rotatable bonds is 3. The number of hydrogen-bond donors (Lipinski definition) is 0. The molecule has 0 spiro atoms. The summed E-state index contributed by atoms with van der Waals surface area (Å²) in [5.74, 6) is 0.00218. The Bertz CT molecular complexity index is 469. The predicted molar refractivity (Wildman–Crippen MR) is 68.1 cm³/mol. The van der Waals surface area contributed by atoms with Crippen molar-refractivity contribution in [3.63, 3.8) is 0 Å². The second-order valence-electron chi connectivity index (χ2n) is 4.66. The number of aromatic nitrogens is 2. The Hall–Kier alpha value is -1.65. The van der Waals surface area contributed by atoms with Crippen molar-refractivity contribution in [2.24, 2.45) is 0 Å². The third-order valence-electron chi connectivity index (χ3n) is 3.49. The Morgan fingerprint density at radius 1 is 1.50 bits per heavy atom. The van der Waals surface area contributed by atoms with Crippen LogP contribution in [0.3, 0.4) is 0 Å². The first-order valence-electron chi connectivity index (χ1n) is 6.54. The van der Waals surface area contributed by atoms with Crippen molar-refractivity contribution >= 4 is 5.91 Å². The molecule has 5 heteroatoms. The zero-order valence-corrected chi connectivity index (χ0v) is 10.7. The van der Waals surface area contributed by atoms with Crippen molar-refractivity contribution in [2.75, 3.05) is 6.54 Å². The molecule has 0 saturated carbocycles. The second-order valence-corrected chi connectivity index (χ2v) is 4.66. The molecule has 0 radical (unpaired) electrons. The highest BCUT2D eigenvalue weighted by atomic mass is 16.2. The zero-order chi connectivity index (χ0) is 13.0. The van der Waals surface area contributed by atoms with Crippen LogP contribution in [0.4, 0.5) is 0 Å². The van der Waals surface area contributed by atoms with Gasteiger partial charge in [0.15, 0.2) is 0 Å². The molecule has 2 rings (SSSR count). The molecule has 1 aliphatic rings. The van der Waals surface area contributed by atoms with E-state index < -0.39 is 0 Å². The zero-order valence-electron chi connectivity index (χ0n) is 10.7. The monoisotopic (exact) mass is 249 g/mol. The van der Waals surface area contributed by atoms with Crippen molar-refractivity contribution in [3.8, 4) is 0 Å². The van der Waals surface area contributed by atoms with Crippen LogP contribution in [0.2, 0.25) is 0 Å². The fourth-order valence-corrected chi connectivity index (χ4v) is 2.48. The molecule has 0 N–H and O–H groups in total. The van der Waals surface area contributed by atoms with Crippen LogP contribution in [-0.2, 0) is 11.3 Å². The summed E-state index contributed by atoms with van der Waals surface area (Å²) in [6, 6.07) is 3.33. The van der Waals surface area contributed by atoms with E-state index in [9.17, 15) is 9.59 Å². The van der Waals surface area contributed by atoms with Crippen molar-refractivity contribution in [1.29, 1.82) is 0 Å². The topological polar surface area (TPSA) is 55.2 Å². The van der Waals surface area contributed by atoms with E-state index in [0.29, 0.717) is 6.04 Å². The number of nitrogens with zero attached hydrogens (tertiary/aromatic N) is 3. The maximum Gasteiger partial charge on any atom is 0.267 e. The van der Waals surface area contributed by atoms with Crippen LogP contribution in [0.25, 0.3) is 0 Å². The van der Waals surface area contributed by atoms with E-state index in [-0.39, 0.29) is 18.0 Å². The van der Waals surface area contributed by atoms with Gasteiger partial charge in [-0.05, 0) is 31.7 Å². The number of carbonyl (C=O) groups excluding carboxylic acids is 1.